The van der Waals surface area contributed by atoms with Gasteiger partial charge >= 0.3 is 0 Å². The normalized spacial score (nSPS) is 18.5. The molecular weight excluding hydrogens is 508 g/mol. The molecule has 8 nitrogen and oxygen atoms in total. The first-order chi connectivity index (χ1) is 20.3. The van der Waals surface area contributed by atoms with E-state index in [1.165, 1.54) is 0 Å². The van der Waals surface area contributed by atoms with Crippen molar-refractivity contribution in [3.05, 3.63) is 130 Å². The van der Waals surface area contributed by atoms with Crippen molar-refractivity contribution in [2.45, 2.75) is 6.29 Å². The molecule has 0 saturated carbocycles. The Labute approximate surface area is 231 Å². The number of fused-ring (bicyclic) bond motifs is 14. The molecule has 0 unspecified atom stereocenters. The van der Waals surface area contributed by atoms with Gasteiger partial charge in [0.05, 0.1) is 22.3 Å². The van der Waals surface area contributed by atoms with Gasteiger partial charge in [-0.1, -0.05) is 68.5 Å². The first-order valence-electron chi connectivity index (χ1n) is 13.7. The van der Waals surface area contributed by atoms with Gasteiger partial charge in [-0.05, 0) is 48.5 Å². The predicted octanol–water partition coefficient (Wildman–Crippen LogP) is 4.26. The van der Waals surface area contributed by atoms with Crippen LogP contribution in [0.4, 0.5) is 11.6 Å². The van der Waals surface area contributed by atoms with Crippen LogP contribution in [0.25, 0.3) is 21.5 Å². The zero-order valence-electron chi connectivity index (χ0n) is 21.4. The average molecular weight is 527 g/mol. The summed E-state index contributed by atoms with van der Waals surface area (Å²) in [6.07, 6.45) is -0.327. The van der Waals surface area contributed by atoms with Crippen molar-refractivity contribution in [3.8, 4) is 0 Å². The summed E-state index contributed by atoms with van der Waals surface area (Å²) in [5.74, 6) is 5.30. The number of benzene rings is 4. The van der Waals surface area contributed by atoms with Gasteiger partial charge in [0.1, 0.15) is 0 Å². The topological polar surface area (TPSA) is 76.2 Å². The maximum atomic E-state index is 5.36. The fourth-order valence-corrected chi connectivity index (χ4v) is 7.12. The molecule has 0 amide bonds. The number of hydrogen-bond donors (Lipinski definition) is 1. The standard InChI is InChI=1S/C33H17N8/c1-2-10-18-17(9-1)25-34-26(18)36-28-20-12-4-6-14-22(20)30-38-32-24-16-8-7-15-23(24)31-37-29-21-13-5-3-11-19(21)27(35-25)39(29)33(40(28)30)41(31)32/h1-16,33H/q+1/p+1. The molecule has 0 spiro atoms. The second kappa shape index (κ2) is 6.68. The lowest BCUT2D eigenvalue weighted by Gasteiger charge is -2.27. The summed E-state index contributed by atoms with van der Waals surface area (Å²) in [5, 5.41) is 4.24. The van der Waals surface area contributed by atoms with Crippen molar-refractivity contribution in [3.63, 3.8) is 0 Å². The minimum atomic E-state index is -0.327. The highest BCUT2D eigenvalue weighted by molar-refractivity contribution is 6.19. The number of rotatable bonds is 0. The Hall–Kier alpha value is -5.76. The molecule has 0 aliphatic carbocycles. The van der Waals surface area contributed by atoms with Crippen molar-refractivity contribution in [2.24, 2.45) is 20.0 Å². The van der Waals surface area contributed by atoms with Crippen LogP contribution in [-0.4, -0.2) is 42.0 Å². The van der Waals surface area contributed by atoms with Gasteiger partial charge in [-0.2, -0.15) is 9.15 Å². The number of hydrogen-bond acceptors (Lipinski definition) is 4. The molecule has 0 atom stereocenters. The van der Waals surface area contributed by atoms with Crippen molar-refractivity contribution in [1.29, 1.82) is 0 Å². The predicted molar refractivity (Wildman–Crippen MR) is 156 cm³/mol. The van der Waals surface area contributed by atoms with Gasteiger partial charge < -0.3 is 0 Å². The van der Waals surface area contributed by atoms with Gasteiger partial charge in [-0.25, -0.2) is 4.57 Å². The van der Waals surface area contributed by atoms with E-state index in [4.69, 9.17) is 20.0 Å². The molecule has 0 saturated heterocycles. The van der Waals surface area contributed by atoms with Crippen LogP contribution in [0.1, 0.15) is 28.5 Å². The summed E-state index contributed by atoms with van der Waals surface area (Å²) in [6.45, 7) is 0. The van der Waals surface area contributed by atoms with Gasteiger partial charge in [0.2, 0.25) is 22.6 Å². The van der Waals surface area contributed by atoms with Gasteiger partial charge in [0.25, 0.3) is 29.6 Å². The summed E-state index contributed by atoms with van der Waals surface area (Å²) >= 11 is 0. The monoisotopic (exact) mass is 526 g/mol. The van der Waals surface area contributed by atoms with E-state index in [0.717, 1.165) is 89.8 Å². The molecule has 2 aromatic heterocycles. The third-order valence-corrected chi connectivity index (χ3v) is 8.82. The molecule has 0 fully saturated rings. The van der Waals surface area contributed by atoms with Gasteiger partial charge in [0, 0.05) is 21.5 Å². The highest BCUT2D eigenvalue weighted by Crippen LogP contribution is 2.48. The minimum Gasteiger partial charge on any atom is -0.296 e. The third kappa shape index (κ3) is 2.23. The number of nitrogens with one attached hydrogen (secondary N) is 1. The molecule has 2 bridgehead atoms. The number of aliphatic imine (C=N–C) groups is 2. The molecule has 1 N–H and O–H groups in total. The first kappa shape index (κ1) is 20.2. The van der Waals surface area contributed by atoms with Gasteiger partial charge in [0.15, 0.2) is 0 Å². The molecule has 6 aromatic rings. The van der Waals surface area contributed by atoms with Gasteiger partial charge in [-0.3, -0.25) is 4.98 Å². The smallest absolute Gasteiger partial charge is 0.296 e. The molecule has 8 heteroatoms. The Morgan fingerprint density at radius 3 is 1.39 bits per heavy atom. The van der Waals surface area contributed by atoms with Crippen LogP contribution >= 0.6 is 0 Å². The Kier molecular flexibility index (Phi) is 3.29. The maximum absolute atomic E-state index is 5.36. The molecule has 188 valence electrons. The van der Waals surface area contributed by atoms with Crippen LogP contribution in [0.2, 0.25) is 0 Å². The van der Waals surface area contributed by atoms with Crippen molar-refractivity contribution in [1.82, 2.24) is 9.55 Å². The maximum Gasteiger partial charge on any atom is 0.296 e. The number of nitrogens with zero attached hydrogens (tertiary/aromatic N) is 7. The van der Waals surface area contributed by atoms with Crippen LogP contribution in [-0.2, 0) is 0 Å². The lowest BCUT2D eigenvalue weighted by atomic mass is 10.1. The summed E-state index contributed by atoms with van der Waals surface area (Å²) in [7, 11) is 0. The Morgan fingerprint density at radius 2 is 0.902 bits per heavy atom. The summed E-state index contributed by atoms with van der Waals surface area (Å²) in [5.41, 5.74) is 5.84. The van der Waals surface area contributed by atoms with Crippen LogP contribution in [0.3, 0.4) is 0 Å². The molecule has 7 heterocycles. The summed E-state index contributed by atoms with van der Waals surface area (Å²) in [4.78, 5) is 25.0. The van der Waals surface area contributed by atoms with E-state index in [0.29, 0.717) is 0 Å². The molecule has 4 aromatic carbocycles. The lowest BCUT2D eigenvalue weighted by molar-refractivity contribution is -0.713. The number of aromatic amines is 1. The number of H-pyrrole nitrogens is 1. The van der Waals surface area contributed by atoms with Crippen LogP contribution in [0.15, 0.2) is 117 Å². The van der Waals surface area contributed by atoms with Crippen LogP contribution < -0.4 is 11.0 Å². The van der Waals surface area contributed by atoms with Crippen LogP contribution in [0, 0.1) is 0 Å². The Morgan fingerprint density at radius 1 is 0.488 bits per heavy atom. The Bertz CT molecular complexity index is 2360. The fraction of sp³-hybridized carbons (Fsp3) is 0.0303. The average Bonchev–Trinajstić information content (AvgIpc) is 3.73. The molecule has 41 heavy (non-hydrogen) atoms. The van der Waals surface area contributed by atoms with E-state index >= 15 is 0 Å². The molecular formula is C33H18N8+2. The van der Waals surface area contributed by atoms with Gasteiger partial charge in [-0.15, -0.1) is 0 Å². The number of aromatic nitrogens is 2. The van der Waals surface area contributed by atoms with Crippen molar-refractivity contribution < 1.29 is 9.15 Å². The molecule has 0 radical (unpaired) electrons. The van der Waals surface area contributed by atoms with E-state index < -0.39 is 0 Å². The minimum absolute atomic E-state index is 0.327. The third-order valence-electron chi connectivity index (χ3n) is 8.82. The fourth-order valence-electron chi connectivity index (χ4n) is 7.12. The van der Waals surface area contributed by atoms with Crippen molar-refractivity contribution in [2.75, 3.05) is 0 Å². The van der Waals surface area contributed by atoms with E-state index in [2.05, 4.69) is 116 Å². The van der Waals surface area contributed by atoms with E-state index in [1.807, 2.05) is 0 Å². The highest BCUT2D eigenvalue weighted by Gasteiger charge is 2.54. The second-order valence-electron chi connectivity index (χ2n) is 10.8. The highest BCUT2D eigenvalue weighted by atomic mass is 15.5. The SMILES string of the molecule is c1ccc2c(c1)C1=Nc3c4ccccc4c4n3C3[N+]1=C2N=c1[nH]c(c2ccccc12)=NC1=[N+]3C(=N4)c2ccccc21. The van der Waals surface area contributed by atoms with E-state index in [1.54, 1.807) is 0 Å². The summed E-state index contributed by atoms with van der Waals surface area (Å²) in [6, 6.07) is 33.6. The summed E-state index contributed by atoms with van der Waals surface area (Å²) < 4.78 is 6.81. The first-order valence-corrected chi connectivity index (χ1v) is 13.7. The number of amidine groups is 4. The van der Waals surface area contributed by atoms with E-state index in [-0.39, 0.29) is 6.29 Å². The lowest BCUT2D eigenvalue weighted by Crippen LogP contribution is -2.45. The molecule has 5 aliphatic heterocycles. The molecule has 11 rings (SSSR count). The zero-order valence-corrected chi connectivity index (χ0v) is 21.4. The van der Waals surface area contributed by atoms with Crippen molar-refractivity contribution >= 4 is 56.5 Å². The van der Waals surface area contributed by atoms with E-state index in [9.17, 15) is 0 Å². The Balaban J connectivity index is 1.43. The quantitative estimate of drug-likeness (QED) is 0.287. The van der Waals surface area contributed by atoms with Crippen LogP contribution in [0.5, 0.6) is 0 Å². The second-order valence-corrected chi connectivity index (χ2v) is 10.8. The largest absolute Gasteiger partial charge is 0.296 e. The molecule has 5 aliphatic rings. The zero-order chi connectivity index (χ0) is 26.4.